The smallest absolute Gasteiger partial charge is 0.324 e. The molecular weight excluding hydrogens is 404 g/mol. The molecule has 1 aromatic rings. The van der Waals surface area contributed by atoms with Crippen LogP contribution in [0.3, 0.4) is 0 Å². The first-order valence-electron chi connectivity index (χ1n) is 10.7. The summed E-state index contributed by atoms with van der Waals surface area (Å²) in [5.41, 5.74) is 0.952. The largest absolute Gasteiger partial charge is 0.465 e. The molecule has 0 aliphatic rings. The van der Waals surface area contributed by atoms with Crippen LogP contribution in [0.4, 0.5) is 0 Å². The average molecular weight is 441 g/mol. The standard InChI is InChI=1S/C23H36O2S3/c1-3-5-6-7-8-9-10-11-12-16-19-27-23(26)28-21(22(24)25-4-2)20-17-14-13-15-18-20/h13-15,17-18,21H,3-12,16,19H2,1-2H3. The number of ether oxygens (including phenoxy) is 1. The monoisotopic (exact) mass is 440 g/mol. The minimum Gasteiger partial charge on any atom is -0.465 e. The van der Waals surface area contributed by atoms with E-state index in [0.29, 0.717) is 6.61 Å². The Bertz CT molecular complexity index is 534. The Kier molecular flexibility index (Phi) is 15.8. The second-order valence-electron chi connectivity index (χ2n) is 6.94. The van der Waals surface area contributed by atoms with Gasteiger partial charge in [0, 0.05) is 0 Å². The predicted octanol–water partition coefficient (Wildman–Crippen LogP) is 7.96. The van der Waals surface area contributed by atoms with Gasteiger partial charge in [-0.05, 0) is 24.7 Å². The van der Waals surface area contributed by atoms with Crippen molar-refractivity contribution >= 4 is 45.2 Å². The Morgan fingerprint density at radius 1 is 0.929 bits per heavy atom. The van der Waals surface area contributed by atoms with E-state index in [2.05, 4.69) is 6.92 Å². The van der Waals surface area contributed by atoms with E-state index < -0.39 is 0 Å². The maximum Gasteiger partial charge on any atom is 0.324 e. The first kappa shape index (κ1) is 25.5. The average Bonchev–Trinajstić information content (AvgIpc) is 2.71. The van der Waals surface area contributed by atoms with Gasteiger partial charge in [0.05, 0.1) is 6.61 Å². The van der Waals surface area contributed by atoms with Gasteiger partial charge in [0.2, 0.25) is 0 Å². The first-order chi connectivity index (χ1) is 13.7. The van der Waals surface area contributed by atoms with Crippen molar-refractivity contribution in [3.63, 3.8) is 0 Å². The SMILES string of the molecule is CCCCCCCCCCCCSC(=S)SC(C(=O)OCC)c1ccccc1. The summed E-state index contributed by atoms with van der Waals surface area (Å²) in [6.45, 7) is 4.49. The normalized spacial score (nSPS) is 11.9. The van der Waals surface area contributed by atoms with Gasteiger partial charge in [-0.1, -0.05) is 119 Å². The molecule has 1 rings (SSSR count). The van der Waals surface area contributed by atoms with Crippen molar-refractivity contribution in [2.75, 3.05) is 12.4 Å². The van der Waals surface area contributed by atoms with Gasteiger partial charge in [0.1, 0.15) is 8.78 Å². The van der Waals surface area contributed by atoms with Crippen molar-refractivity contribution in [1.29, 1.82) is 0 Å². The third-order valence-corrected chi connectivity index (χ3v) is 7.44. The van der Waals surface area contributed by atoms with Crippen LogP contribution >= 0.6 is 35.7 Å². The summed E-state index contributed by atoms with van der Waals surface area (Å²) in [5, 5.41) is -0.367. The highest BCUT2D eigenvalue weighted by molar-refractivity contribution is 8.47. The van der Waals surface area contributed by atoms with Gasteiger partial charge in [-0.25, -0.2) is 0 Å². The van der Waals surface area contributed by atoms with Crippen LogP contribution in [0.25, 0.3) is 0 Å². The fraction of sp³-hybridized carbons (Fsp3) is 0.652. The van der Waals surface area contributed by atoms with Crippen LogP contribution in [0.1, 0.15) is 88.9 Å². The van der Waals surface area contributed by atoms with E-state index >= 15 is 0 Å². The van der Waals surface area contributed by atoms with Gasteiger partial charge in [0.15, 0.2) is 0 Å². The second-order valence-corrected chi connectivity index (χ2v) is 10.3. The number of rotatable bonds is 15. The topological polar surface area (TPSA) is 26.3 Å². The molecule has 0 fully saturated rings. The number of hydrogen-bond donors (Lipinski definition) is 0. The summed E-state index contributed by atoms with van der Waals surface area (Å²) >= 11 is 8.67. The molecule has 0 spiro atoms. The fourth-order valence-electron chi connectivity index (χ4n) is 2.97. The molecule has 158 valence electrons. The van der Waals surface area contributed by atoms with Crippen molar-refractivity contribution in [2.24, 2.45) is 0 Å². The molecule has 0 bridgehead atoms. The van der Waals surface area contributed by atoms with Gasteiger partial charge in [-0.3, -0.25) is 4.79 Å². The molecule has 0 amide bonds. The van der Waals surface area contributed by atoms with E-state index in [4.69, 9.17) is 17.0 Å². The number of carbonyl (C=O) groups is 1. The molecule has 0 N–H and O–H groups in total. The van der Waals surface area contributed by atoms with Crippen LogP contribution < -0.4 is 0 Å². The molecule has 0 saturated heterocycles. The van der Waals surface area contributed by atoms with Gasteiger partial charge in [-0.2, -0.15) is 0 Å². The van der Waals surface area contributed by atoms with Gasteiger partial charge in [0.25, 0.3) is 0 Å². The molecule has 0 aliphatic heterocycles. The Hall–Kier alpha value is -0.520. The summed E-state index contributed by atoms with van der Waals surface area (Å²) in [6.07, 6.45) is 13.4. The lowest BCUT2D eigenvalue weighted by molar-refractivity contribution is -0.142. The molecule has 0 saturated carbocycles. The third-order valence-electron chi connectivity index (χ3n) is 4.53. The fourth-order valence-corrected chi connectivity index (χ4v) is 5.49. The second kappa shape index (κ2) is 17.3. The summed E-state index contributed by atoms with van der Waals surface area (Å²) in [6, 6.07) is 9.77. The Balaban J connectivity index is 2.19. The van der Waals surface area contributed by atoms with Crippen molar-refractivity contribution in [3.05, 3.63) is 35.9 Å². The van der Waals surface area contributed by atoms with Gasteiger partial charge in [-0.15, -0.1) is 11.8 Å². The van der Waals surface area contributed by atoms with Gasteiger partial charge < -0.3 is 4.74 Å². The molecule has 0 heterocycles. The number of unbranched alkanes of at least 4 members (excludes halogenated alkanes) is 9. The van der Waals surface area contributed by atoms with Crippen molar-refractivity contribution in [1.82, 2.24) is 0 Å². The number of hydrogen-bond acceptors (Lipinski definition) is 5. The Labute approximate surface area is 186 Å². The molecular formula is C23H36O2S3. The van der Waals surface area contributed by atoms with Crippen LogP contribution in [0, 0.1) is 0 Å². The molecule has 1 aromatic carbocycles. The maximum absolute atomic E-state index is 12.3. The molecule has 5 heteroatoms. The summed E-state index contributed by atoms with van der Waals surface area (Å²) in [5.74, 6) is 0.827. The quantitative estimate of drug-likeness (QED) is 0.156. The lowest BCUT2D eigenvalue weighted by Crippen LogP contribution is -2.14. The van der Waals surface area contributed by atoms with E-state index in [9.17, 15) is 4.79 Å². The predicted molar refractivity (Wildman–Crippen MR) is 130 cm³/mol. The molecule has 1 unspecified atom stereocenters. The molecule has 0 radical (unpaired) electrons. The van der Waals surface area contributed by atoms with E-state index in [1.807, 2.05) is 37.3 Å². The van der Waals surface area contributed by atoms with Crippen LogP contribution in [0.5, 0.6) is 0 Å². The maximum atomic E-state index is 12.3. The molecule has 1 atom stereocenters. The minimum absolute atomic E-state index is 0.208. The first-order valence-corrected chi connectivity index (χ1v) is 13.0. The highest BCUT2D eigenvalue weighted by atomic mass is 32.2. The summed E-state index contributed by atoms with van der Waals surface area (Å²) in [4.78, 5) is 12.3. The number of thiocarbonyl (C=S) groups is 1. The van der Waals surface area contributed by atoms with Gasteiger partial charge >= 0.3 is 5.97 Å². The summed E-state index contributed by atoms with van der Waals surface area (Å²) < 4.78 is 6.07. The van der Waals surface area contributed by atoms with E-state index in [1.54, 1.807) is 11.8 Å². The van der Waals surface area contributed by atoms with Crippen LogP contribution in [0.2, 0.25) is 0 Å². The highest BCUT2D eigenvalue weighted by Gasteiger charge is 2.24. The lowest BCUT2D eigenvalue weighted by atomic mass is 10.1. The zero-order valence-electron chi connectivity index (χ0n) is 17.5. The lowest BCUT2D eigenvalue weighted by Gasteiger charge is -2.15. The molecule has 2 nitrogen and oxygen atoms in total. The third kappa shape index (κ3) is 12.1. The van der Waals surface area contributed by atoms with E-state index in [-0.39, 0.29) is 11.2 Å². The molecule has 0 aromatic heterocycles. The zero-order valence-corrected chi connectivity index (χ0v) is 19.9. The number of thioether (sulfide) groups is 2. The highest BCUT2D eigenvalue weighted by Crippen LogP contribution is 2.35. The van der Waals surface area contributed by atoms with E-state index in [0.717, 1.165) is 14.8 Å². The summed E-state index contributed by atoms with van der Waals surface area (Å²) in [7, 11) is 0. The number of benzene rings is 1. The van der Waals surface area contributed by atoms with Crippen molar-refractivity contribution < 1.29 is 9.53 Å². The van der Waals surface area contributed by atoms with Crippen molar-refractivity contribution in [2.45, 2.75) is 83.3 Å². The van der Waals surface area contributed by atoms with Crippen LogP contribution in [-0.4, -0.2) is 21.9 Å². The molecule has 28 heavy (non-hydrogen) atoms. The van der Waals surface area contributed by atoms with Crippen LogP contribution in [0.15, 0.2) is 30.3 Å². The Morgan fingerprint density at radius 2 is 1.50 bits per heavy atom. The molecule has 0 aliphatic carbocycles. The number of carbonyl (C=O) groups excluding carboxylic acids is 1. The van der Waals surface area contributed by atoms with E-state index in [1.165, 1.54) is 76.0 Å². The number of esters is 1. The Morgan fingerprint density at radius 3 is 2.07 bits per heavy atom. The van der Waals surface area contributed by atoms with Crippen LogP contribution in [-0.2, 0) is 9.53 Å². The van der Waals surface area contributed by atoms with Crippen molar-refractivity contribution in [3.8, 4) is 0 Å². The zero-order chi connectivity index (χ0) is 20.5. The minimum atomic E-state index is -0.367.